The van der Waals surface area contributed by atoms with Crippen molar-refractivity contribution in [1.82, 2.24) is 0 Å². The molecule has 0 saturated heterocycles. The molecule has 0 spiro atoms. The highest BCUT2D eigenvalue weighted by Gasteiger charge is 2.28. The molecule has 17 heavy (non-hydrogen) atoms. The summed E-state index contributed by atoms with van der Waals surface area (Å²) in [6.45, 7) is 3.15. The predicted octanol–water partition coefficient (Wildman–Crippen LogP) is 2.43. The van der Waals surface area contributed by atoms with E-state index in [0.717, 1.165) is 0 Å². The standard InChI is InChI=1S/C10H13F2NO2S.ClH/c1-6-8(7(2)13)4-3-5-9(6)16(14,15)10(11)12;/h3-5,7,10H,13H2,1-2H3;1H. The van der Waals surface area contributed by atoms with Crippen LogP contribution in [0, 0.1) is 6.92 Å². The molecule has 0 aromatic heterocycles. The fourth-order valence-corrected chi connectivity index (χ4v) is 2.53. The van der Waals surface area contributed by atoms with Crippen LogP contribution < -0.4 is 5.73 Å². The van der Waals surface area contributed by atoms with Crippen LogP contribution >= 0.6 is 12.4 Å². The Hall–Kier alpha value is -0.720. The molecule has 0 radical (unpaired) electrons. The highest BCUT2D eigenvalue weighted by Crippen LogP contribution is 2.26. The third kappa shape index (κ3) is 3.14. The minimum absolute atomic E-state index is 0. The van der Waals surface area contributed by atoms with E-state index in [-0.39, 0.29) is 22.9 Å². The zero-order valence-corrected chi connectivity index (χ0v) is 11.0. The van der Waals surface area contributed by atoms with Crippen molar-refractivity contribution in [3.05, 3.63) is 29.3 Å². The summed E-state index contributed by atoms with van der Waals surface area (Å²) in [4.78, 5) is -0.350. The van der Waals surface area contributed by atoms with Crippen LogP contribution in [0.3, 0.4) is 0 Å². The average molecular weight is 286 g/mol. The fourth-order valence-electron chi connectivity index (χ4n) is 1.53. The van der Waals surface area contributed by atoms with Gasteiger partial charge in [0.2, 0.25) is 9.84 Å². The number of rotatable bonds is 3. The van der Waals surface area contributed by atoms with Gasteiger partial charge in [0.1, 0.15) is 0 Å². The molecule has 0 heterocycles. The highest BCUT2D eigenvalue weighted by atomic mass is 35.5. The Balaban J connectivity index is 0.00000256. The van der Waals surface area contributed by atoms with Gasteiger partial charge in [-0.2, -0.15) is 8.78 Å². The van der Waals surface area contributed by atoms with Gasteiger partial charge in [-0.25, -0.2) is 8.42 Å². The maximum atomic E-state index is 12.4. The van der Waals surface area contributed by atoms with Crippen LogP contribution in [0.4, 0.5) is 8.78 Å². The number of hydrogen-bond acceptors (Lipinski definition) is 3. The van der Waals surface area contributed by atoms with Gasteiger partial charge in [-0.15, -0.1) is 12.4 Å². The average Bonchev–Trinajstić information content (AvgIpc) is 2.16. The molecule has 1 aromatic carbocycles. The van der Waals surface area contributed by atoms with Crippen molar-refractivity contribution in [3.8, 4) is 0 Å². The first-order valence-corrected chi connectivity index (χ1v) is 6.20. The van der Waals surface area contributed by atoms with E-state index in [4.69, 9.17) is 5.73 Å². The van der Waals surface area contributed by atoms with E-state index < -0.39 is 21.6 Å². The maximum Gasteiger partial charge on any atom is 0.341 e. The molecule has 1 aromatic rings. The van der Waals surface area contributed by atoms with Crippen LogP contribution in [-0.2, 0) is 9.84 Å². The fraction of sp³-hybridized carbons (Fsp3) is 0.400. The number of alkyl halides is 2. The van der Waals surface area contributed by atoms with Gasteiger partial charge in [0.05, 0.1) is 4.90 Å². The molecule has 1 atom stereocenters. The summed E-state index contributed by atoms with van der Waals surface area (Å²) in [6, 6.07) is 3.82. The topological polar surface area (TPSA) is 60.2 Å². The Labute approximate surface area is 105 Å². The van der Waals surface area contributed by atoms with E-state index in [1.165, 1.54) is 19.1 Å². The van der Waals surface area contributed by atoms with Crippen LogP contribution in [0.1, 0.15) is 24.1 Å². The summed E-state index contributed by atoms with van der Waals surface area (Å²) in [7, 11) is -4.55. The molecule has 0 aliphatic heterocycles. The Morgan fingerprint density at radius 2 is 1.82 bits per heavy atom. The lowest BCUT2D eigenvalue weighted by Gasteiger charge is -2.13. The van der Waals surface area contributed by atoms with Crippen molar-refractivity contribution in [2.45, 2.75) is 30.5 Å². The number of sulfone groups is 1. The van der Waals surface area contributed by atoms with Crippen molar-refractivity contribution in [1.29, 1.82) is 0 Å². The highest BCUT2D eigenvalue weighted by molar-refractivity contribution is 7.91. The second kappa shape index (κ2) is 5.75. The zero-order valence-electron chi connectivity index (χ0n) is 9.35. The summed E-state index contributed by atoms with van der Waals surface area (Å²) in [5.74, 6) is -3.41. The van der Waals surface area contributed by atoms with Gasteiger partial charge >= 0.3 is 5.76 Å². The summed E-state index contributed by atoms with van der Waals surface area (Å²) in [6.07, 6.45) is 0. The maximum absolute atomic E-state index is 12.4. The van der Waals surface area contributed by atoms with E-state index in [0.29, 0.717) is 5.56 Å². The summed E-state index contributed by atoms with van der Waals surface area (Å²) < 4.78 is 47.5. The van der Waals surface area contributed by atoms with Crippen molar-refractivity contribution in [2.24, 2.45) is 5.73 Å². The van der Waals surface area contributed by atoms with Crippen LogP contribution in [0.25, 0.3) is 0 Å². The minimum atomic E-state index is -4.55. The molecule has 0 amide bonds. The molecular formula is C10H14ClF2NO2S. The molecule has 1 unspecified atom stereocenters. The molecule has 7 heteroatoms. The first-order chi connectivity index (χ1) is 7.28. The number of halogens is 3. The van der Waals surface area contributed by atoms with E-state index in [2.05, 4.69) is 0 Å². The Kier molecular flexibility index (Phi) is 5.51. The van der Waals surface area contributed by atoms with Crippen LogP contribution in [0.5, 0.6) is 0 Å². The van der Waals surface area contributed by atoms with Gasteiger partial charge < -0.3 is 5.73 Å². The largest absolute Gasteiger partial charge is 0.341 e. The van der Waals surface area contributed by atoms with Crippen molar-refractivity contribution in [2.75, 3.05) is 0 Å². The van der Waals surface area contributed by atoms with Crippen LogP contribution in [0.15, 0.2) is 23.1 Å². The molecule has 0 saturated carbocycles. The van der Waals surface area contributed by atoms with Crippen molar-refractivity contribution < 1.29 is 17.2 Å². The Bertz CT molecular complexity index is 489. The smallest absolute Gasteiger partial charge is 0.324 e. The molecule has 0 aliphatic carbocycles. The predicted molar refractivity (Wildman–Crippen MR) is 64.2 cm³/mol. The molecule has 3 nitrogen and oxygen atoms in total. The Morgan fingerprint density at radius 3 is 2.24 bits per heavy atom. The molecule has 2 N–H and O–H groups in total. The molecule has 0 bridgehead atoms. The molecular weight excluding hydrogens is 272 g/mol. The number of hydrogen-bond donors (Lipinski definition) is 1. The number of benzene rings is 1. The van der Waals surface area contributed by atoms with Crippen molar-refractivity contribution >= 4 is 22.2 Å². The molecule has 0 fully saturated rings. The Morgan fingerprint density at radius 1 is 1.29 bits per heavy atom. The lowest BCUT2D eigenvalue weighted by molar-refractivity contribution is 0.234. The quantitative estimate of drug-likeness (QED) is 0.928. The molecule has 1 rings (SSSR count). The van der Waals surface area contributed by atoms with Gasteiger partial charge in [0.15, 0.2) is 0 Å². The first-order valence-electron chi connectivity index (χ1n) is 4.65. The van der Waals surface area contributed by atoms with E-state index in [1.807, 2.05) is 0 Å². The summed E-state index contributed by atoms with van der Waals surface area (Å²) in [5, 5.41) is 0. The SMILES string of the molecule is Cc1c(C(C)N)cccc1S(=O)(=O)C(F)F.Cl. The van der Waals surface area contributed by atoms with Gasteiger partial charge in [-0.1, -0.05) is 12.1 Å². The summed E-state index contributed by atoms with van der Waals surface area (Å²) in [5.41, 5.74) is 6.47. The number of nitrogens with two attached hydrogens (primary N) is 1. The normalized spacial score (nSPS) is 13.3. The third-order valence-electron chi connectivity index (χ3n) is 2.36. The van der Waals surface area contributed by atoms with Gasteiger partial charge in [0.25, 0.3) is 0 Å². The molecule has 98 valence electrons. The lowest BCUT2D eigenvalue weighted by atomic mass is 10.0. The van der Waals surface area contributed by atoms with E-state index in [9.17, 15) is 17.2 Å². The van der Waals surface area contributed by atoms with E-state index in [1.54, 1.807) is 13.0 Å². The summed E-state index contributed by atoms with van der Waals surface area (Å²) >= 11 is 0. The van der Waals surface area contributed by atoms with Crippen LogP contribution in [-0.4, -0.2) is 14.2 Å². The van der Waals surface area contributed by atoms with Gasteiger partial charge in [0, 0.05) is 6.04 Å². The molecule has 0 aliphatic rings. The third-order valence-corrected chi connectivity index (χ3v) is 3.88. The van der Waals surface area contributed by atoms with Gasteiger partial charge in [-0.05, 0) is 31.0 Å². The zero-order chi connectivity index (χ0) is 12.5. The monoisotopic (exact) mass is 285 g/mol. The lowest BCUT2D eigenvalue weighted by Crippen LogP contribution is -2.15. The first kappa shape index (κ1) is 16.3. The van der Waals surface area contributed by atoms with Gasteiger partial charge in [-0.3, -0.25) is 0 Å². The van der Waals surface area contributed by atoms with E-state index >= 15 is 0 Å². The van der Waals surface area contributed by atoms with Crippen LogP contribution in [0.2, 0.25) is 0 Å². The second-order valence-electron chi connectivity index (χ2n) is 3.56. The minimum Gasteiger partial charge on any atom is -0.324 e. The van der Waals surface area contributed by atoms with Crippen molar-refractivity contribution in [3.63, 3.8) is 0 Å². The second-order valence-corrected chi connectivity index (χ2v) is 5.45.